The fraction of sp³-hybridized carbons (Fsp3) is 0.846. The summed E-state index contributed by atoms with van der Waals surface area (Å²) < 4.78 is 0. The Kier molecular flexibility index (Phi) is 5.46. The molecule has 0 atom stereocenters. The number of rotatable bonds is 7. The molecule has 0 aromatic heterocycles. The number of likely N-dealkylation sites (N-methyl/N-ethyl adjacent to an activating group) is 1. The molecule has 16 heavy (non-hydrogen) atoms. The number of hydrogen-bond acceptors (Lipinski definition) is 3. The van der Waals surface area contributed by atoms with Crippen molar-refractivity contribution >= 4 is 0 Å². The second-order valence-electron chi connectivity index (χ2n) is 5.47. The molecule has 0 bridgehead atoms. The van der Waals surface area contributed by atoms with Gasteiger partial charge in [0.2, 0.25) is 0 Å². The minimum Gasteiger partial charge on any atom is -0.393 e. The summed E-state index contributed by atoms with van der Waals surface area (Å²) in [6.07, 6.45) is 1.91. The molecule has 0 saturated heterocycles. The molecule has 3 heteroatoms. The van der Waals surface area contributed by atoms with Gasteiger partial charge >= 0.3 is 0 Å². The van der Waals surface area contributed by atoms with Crippen molar-refractivity contribution in [2.75, 3.05) is 26.7 Å². The highest BCUT2D eigenvalue weighted by Gasteiger charge is 2.27. The van der Waals surface area contributed by atoms with E-state index in [1.54, 1.807) is 0 Å². The molecule has 1 saturated carbocycles. The number of nitrogens with zero attached hydrogens (tertiary/aromatic N) is 1. The largest absolute Gasteiger partial charge is 0.393 e. The average Bonchev–Trinajstić information content (AvgIpc) is 2.12. The van der Waals surface area contributed by atoms with Gasteiger partial charge in [0.25, 0.3) is 0 Å². The van der Waals surface area contributed by atoms with Gasteiger partial charge in [-0.3, -0.25) is 0 Å². The first-order valence-corrected chi connectivity index (χ1v) is 6.24. The SMILES string of the molecule is C=C(CNC(C)C)CN(C)CC1CC(O)C1. The highest BCUT2D eigenvalue weighted by Crippen LogP contribution is 2.27. The summed E-state index contributed by atoms with van der Waals surface area (Å²) in [5, 5.41) is 12.6. The lowest BCUT2D eigenvalue weighted by molar-refractivity contribution is 0.0295. The first-order chi connectivity index (χ1) is 7.47. The van der Waals surface area contributed by atoms with E-state index in [9.17, 15) is 5.11 Å². The summed E-state index contributed by atoms with van der Waals surface area (Å²) in [4.78, 5) is 2.31. The molecule has 1 fully saturated rings. The van der Waals surface area contributed by atoms with Crippen molar-refractivity contribution in [2.24, 2.45) is 5.92 Å². The van der Waals surface area contributed by atoms with E-state index >= 15 is 0 Å². The van der Waals surface area contributed by atoms with Crippen LogP contribution in [0, 0.1) is 5.92 Å². The van der Waals surface area contributed by atoms with E-state index in [1.165, 1.54) is 5.57 Å². The zero-order chi connectivity index (χ0) is 12.1. The summed E-state index contributed by atoms with van der Waals surface area (Å²) in [6, 6.07) is 0.517. The third-order valence-electron chi connectivity index (χ3n) is 3.03. The first-order valence-electron chi connectivity index (χ1n) is 6.24. The minimum atomic E-state index is -0.0378. The van der Waals surface area contributed by atoms with E-state index in [-0.39, 0.29) is 6.10 Å². The number of aliphatic hydroxyl groups is 1. The molecule has 2 N–H and O–H groups in total. The summed E-state index contributed by atoms with van der Waals surface area (Å²) >= 11 is 0. The Morgan fingerprint density at radius 2 is 2.12 bits per heavy atom. The van der Waals surface area contributed by atoms with E-state index in [2.05, 4.69) is 37.7 Å². The summed E-state index contributed by atoms with van der Waals surface area (Å²) in [7, 11) is 2.13. The maximum atomic E-state index is 9.21. The number of nitrogens with one attached hydrogen (secondary N) is 1. The molecule has 1 aliphatic rings. The molecule has 0 aromatic rings. The van der Waals surface area contributed by atoms with Crippen LogP contribution < -0.4 is 5.32 Å². The van der Waals surface area contributed by atoms with Crippen LogP contribution in [0.2, 0.25) is 0 Å². The van der Waals surface area contributed by atoms with Crippen molar-refractivity contribution in [2.45, 2.75) is 38.8 Å². The van der Waals surface area contributed by atoms with Gasteiger partial charge < -0.3 is 15.3 Å². The molecular weight excluding hydrogens is 200 g/mol. The Hall–Kier alpha value is -0.380. The molecule has 0 radical (unpaired) electrons. The van der Waals surface area contributed by atoms with Crippen molar-refractivity contribution in [3.05, 3.63) is 12.2 Å². The Morgan fingerprint density at radius 1 is 1.50 bits per heavy atom. The predicted molar refractivity (Wildman–Crippen MR) is 68.5 cm³/mol. The smallest absolute Gasteiger partial charge is 0.0546 e. The van der Waals surface area contributed by atoms with Crippen molar-refractivity contribution in [3.8, 4) is 0 Å². The summed E-state index contributed by atoms with van der Waals surface area (Å²) in [5.74, 6) is 0.686. The molecule has 3 nitrogen and oxygen atoms in total. The van der Waals surface area contributed by atoms with Gasteiger partial charge in [-0.05, 0) is 31.4 Å². The fourth-order valence-corrected chi connectivity index (χ4v) is 2.14. The van der Waals surface area contributed by atoms with Crippen LogP contribution >= 0.6 is 0 Å². The number of aliphatic hydroxyl groups excluding tert-OH is 1. The van der Waals surface area contributed by atoms with Gasteiger partial charge in [-0.1, -0.05) is 20.4 Å². The maximum absolute atomic E-state index is 9.21. The van der Waals surface area contributed by atoms with Gasteiger partial charge in [0.05, 0.1) is 6.10 Å². The average molecular weight is 226 g/mol. The molecule has 1 rings (SSSR count). The van der Waals surface area contributed by atoms with Crippen molar-refractivity contribution in [3.63, 3.8) is 0 Å². The minimum absolute atomic E-state index is 0.0378. The van der Waals surface area contributed by atoms with Crippen LogP contribution in [0.4, 0.5) is 0 Å². The van der Waals surface area contributed by atoms with Crippen LogP contribution in [-0.2, 0) is 0 Å². The van der Waals surface area contributed by atoms with E-state index in [1.807, 2.05) is 0 Å². The monoisotopic (exact) mass is 226 g/mol. The van der Waals surface area contributed by atoms with Gasteiger partial charge in [-0.25, -0.2) is 0 Å². The molecule has 0 unspecified atom stereocenters. The van der Waals surface area contributed by atoms with Crippen molar-refractivity contribution in [1.82, 2.24) is 10.2 Å². The first kappa shape index (κ1) is 13.7. The molecular formula is C13H26N2O. The quantitative estimate of drug-likeness (QED) is 0.641. The van der Waals surface area contributed by atoms with Crippen molar-refractivity contribution in [1.29, 1.82) is 0 Å². The second-order valence-corrected chi connectivity index (χ2v) is 5.47. The Labute approximate surface area is 99.5 Å². The highest BCUT2D eigenvalue weighted by atomic mass is 16.3. The number of hydrogen-bond donors (Lipinski definition) is 2. The summed E-state index contributed by atoms with van der Waals surface area (Å²) in [6.45, 7) is 11.3. The lowest BCUT2D eigenvalue weighted by atomic mass is 9.82. The van der Waals surface area contributed by atoms with Gasteiger partial charge in [-0.2, -0.15) is 0 Å². The third-order valence-corrected chi connectivity index (χ3v) is 3.03. The zero-order valence-electron chi connectivity index (χ0n) is 10.9. The van der Waals surface area contributed by atoms with Crippen LogP contribution in [0.1, 0.15) is 26.7 Å². The Balaban J connectivity index is 2.08. The van der Waals surface area contributed by atoms with Crippen LogP contribution in [0.3, 0.4) is 0 Å². The second kappa shape index (κ2) is 6.38. The topological polar surface area (TPSA) is 35.5 Å². The van der Waals surface area contributed by atoms with Crippen LogP contribution in [-0.4, -0.2) is 48.8 Å². The van der Waals surface area contributed by atoms with Gasteiger partial charge in [0, 0.05) is 25.7 Å². The Morgan fingerprint density at radius 3 is 2.62 bits per heavy atom. The van der Waals surface area contributed by atoms with Gasteiger partial charge in [0.1, 0.15) is 0 Å². The van der Waals surface area contributed by atoms with Crippen LogP contribution in [0.5, 0.6) is 0 Å². The van der Waals surface area contributed by atoms with Gasteiger partial charge in [0.15, 0.2) is 0 Å². The molecule has 1 aliphatic carbocycles. The van der Waals surface area contributed by atoms with E-state index < -0.39 is 0 Å². The van der Waals surface area contributed by atoms with E-state index in [0.29, 0.717) is 12.0 Å². The molecule has 0 spiro atoms. The van der Waals surface area contributed by atoms with Crippen molar-refractivity contribution < 1.29 is 5.11 Å². The fourth-order valence-electron chi connectivity index (χ4n) is 2.14. The lowest BCUT2D eigenvalue weighted by Crippen LogP contribution is -2.38. The molecule has 0 amide bonds. The van der Waals surface area contributed by atoms with Crippen LogP contribution in [0.15, 0.2) is 12.2 Å². The predicted octanol–water partition coefficient (Wildman–Crippen LogP) is 1.24. The third kappa shape index (κ3) is 5.10. The molecule has 0 aromatic carbocycles. The van der Waals surface area contributed by atoms with E-state index in [0.717, 1.165) is 32.5 Å². The highest BCUT2D eigenvalue weighted by molar-refractivity contribution is 5.00. The maximum Gasteiger partial charge on any atom is 0.0546 e. The molecule has 0 heterocycles. The molecule has 0 aliphatic heterocycles. The van der Waals surface area contributed by atoms with Crippen LogP contribution in [0.25, 0.3) is 0 Å². The standard InChI is InChI=1S/C13H26N2O/c1-10(2)14-7-11(3)8-15(4)9-12-5-13(16)6-12/h10,12-14,16H,3,5-9H2,1-2,4H3. The lowest BCUT2D eigenvalue weighted by Gasteiger charge is -2.34. The zero-order valence-corrected chi connectivity index (χ0v) is 10.9. The normalized spacial score (nSPS) is 24.9. The van der Waals surface area contributed by atoms with Gasteiger partial charge in [-0.15, -0.1) is 0 Å². The summed E-state index contributed by atoms with van der Waals surface area (Å²) in [5.41, 5.74) is 1.23. The Bertz CT molecular complexity index is 222. The van der Waals surface area contributed by atoms with E-state index in [4.69, 9.17) is 0 Å². The molecule has 94 valence electrons.